The second kappa shape index (κ2) is 4.29. The highest BCUT2D eigenvalue weighted by Gasteiger charge is 2.27. The average molecular weight is 208 g/mol. The van der Waals surface area contributed by atoms with Crippen LogP contribution in [0.1, 0.15) is 24.4 Å². The van der Waals surface area contributed by atoms with Crippen molar-refractivity contribution in [3.05, 3.63) is 35.6 Å². The van der Waals surface area contributed by atoms with Crippen molar-refractivity contribution in [2.24, 2.45) is 5.73 Å². The molecule has 82 valence electrons. The van der Waals surface area contributed by atoms with Crippen LogP contribution in [0.4, 0.5) is 4.39 Å². The predicted octanol–water partition coefficient (Wildman–Crippen LogP) is 1.92. The Morgan fingerprint density at radius 3 is 2.93 bits per heavy atom. The minimum absolute atomic E-state index is 0.116. The lowest BCUT2D eigenvalue weighted by molar-refractivity contribution is 0.162. The van der Waals surface area contributed by atoms with Gasteiger partial charge in [-0.3, -0.25) is 4.90 Å². The molecule has 2 rings (SSSR count). The van der Waals surface area contributed by atoms with Gasteiger partial charge in [0.25, 0.3) is 0 Å². The third-order valence-electron chi connectivity index (χ3n) is 3.12. The molecule has 1 fully saturated rings. The third-order valence-corrected chi connectivity index (χ3v) is 3.12. The summed E-state index contributed by atoms with van der Waals surface area (Å²) in [6.07, 6.45) is 2.15. The van der Waals surface area contributed by atoms with Gasteiger partial charge in [-0.2, -0.15) is 0 Å². The van der Waals surface area contributed by atoms with Crippen LogP contribution in [0.15, 0.2) is 24.3 Å². The van der Waals surface area contributed by atoms with Crippen molar-refractivity contribution in [1.82, 2.24) is 4.90 Å². The van der Waals surface area contributed by atoms with Gasteiger partial charge >= 0.3 is 0 Å². The standard InChI is InChI=1S/C12H17FN2/c1-15-7-3-6-11(14)12(15)9-4-2-5-10(13)8-9/h2,4-5,8,11-12H,3,6-7,14H2,1H3. The maximum atomic E-state index is 13.1. The molecule has 0 amide bonds. The molecule has 2 atom stereocenters. The highest BCUT2D eigenvalue weighted by Crippen LogP contribution is 2.28. The molecule has 0 aliphatic carbocycles. The van der Waals surface area contributed by atoms with Crippen molar-refractivity contribution >= 4 is 0 Å². The quantitative estimate of drug-likeness (QED) is 0.764. The minimum Gasteiger partial charge on any atom is -0.326 e. The topological polar surface area (TPSA) is 29.3 Å². The van der Waals surface area contributed by atoms with Crippen molar-refractivity contribution in [3.8, 4) is 0 Å². The summed E-state index contributed by atoms with van der Waals surface area (Å²) in [6.45, 7) is 1.04. The maximum absolute atomic E-state index is 13.1. The van der Waals surface area contributed by atoms with Crippen LogP contribution in [0, 0.1) is 5.82 Å². The first-order valence-electron chi connectivity index (χ1n) is 5.40. The van der Waals surface area contributed by atoms with E-state index in [9.17, 15) is 4.39 Å². The van der Waals surface area contributed by atoms with Gasteiger partial charge in [-0.05, 0) is 44.1 Å². The lowest BCUT2D eigenvalue weighted by atomic mass is 9.91. The van der Waals surface area contributed by atoms with E-state index in [1.165, 1.54) is 6.07 Å². The summed E-state index contributed by atoms with van der Waals surface area (Å²) in [7, 11) is 2.05. The monoisotopic (exact) mass is 208 g/mol. The van der Waals surface area contributed by atoms with Crippen LogP contribution in [0.2, 0.25) is 0 Å². The number of rotatable bonds is 1. The maximum Gasteiger partial charge on any atom is 0.123 e. The number of likely N-dealkylation sites (tertiary alicyclic amines) is 1. The second-order valence-corrected chi connectivity index (χ2v) is 4.29. The first kappa shape index (κ1) is 10.6. The molecule has 0 aromatic heterocycles. The molecule has 0 spiro atoms. The summed E-state index contributed by atoms with van der Waals surface area (Å²) >= 11 is 0. The first-order valence-corrected chi connectivity index (χ1v) is 5.40. The van der Waals surface area contributed by atoms with E-state index >= 15 is 0 Å². The van der Waals surface area contributed by atoms with Crippen molar-refractivity contribution in [3.63, 3.8) is 0 Å². The van der Waals surface area contributed by atoms with Crippen molar-refractivity contribution < 1.29 is 4.39 Å². The van der Waals surface area contributed by atoms with Crippen LogP contribution in [0.3, 0.4) is 0 Å². The number of benzene rings is 1. The third kappa shape index (κ3) is 2.19. The smallest absolute Gasteiger partial charge is 0.123 e. The normalized spacial score (nSPS) is 27.9. The van der Waals surface area contributed by atoms with Gasteiger partial charge in [-0.15, -0.1) is 0 Å². The van der Waals surface area contributed by atoms with E-state index in [0.29, 0.717) is 0 Å². The molecule has 1 heterocycles. The zero-order valence-electron chi connectivity index (χ0n) is 8.99. The number of nitrogens with zero attached hydrogens (tertiary/aromatic N) is 1. The van der Waals surface area contributed by atoms with E-state index in [1.807, 2.05) is 6.07 Å². The Labute approximate surface area is 89.9 Å². The number of nitrogens with two attached hydrogens (primary N) is 1. The largest absolute Gasteiger partial charge is 0.326 e. The van der Waals surface area contributed by atoms with Gasteiger partial charge < -0.3 is 5.73 Å². The molecule has 15 heavy (non-hydrogen) atoms. The molecular formula is C12H17FN2. The molecule has 1 aliphatic heterocycles. The first-order chi connectivity index (χ1) is 7.18. The predicted molar refractivity (Wildman–Crippen MR) is 59.0 cm³/mol. The second-order valence-electron chi connectivity index (χ2n) is 4.29. The molecule has 0 radical (unpaired) electrons. The molecular weight excluding hydrogens is 191 g/mol. The summed E-state index contributed by atoms with van der Waals surface area (Å²) in [5.41, 5.74) is 7.08. The van der Waals surface area contributed by atoms with Crippen LogP contribution in [-0.4, -0.2) is 24.5 Å². The van der Waals surface area contributed by atoms with Gasteiger partial charge in [0, 0.05) is 12.1 Å². The summed E-state index contributed by atoms with van der Waals surface area (Å²) in [6, 6.07) is 7.04. The molecule has 0 saturated carbocycles. The van der Waals surface area contributed by atoms with Crippen molar-refractivity contribution in [2.75, 3.05) is 13.6 Å². The molecule has 2 N–H and O–H groups in total. The number of hydrogen-bond acceptors (Lipinski definition) is 2. The number of piperidine rings is 1. The van der Waals surface area contributed by atoms with Gasteiger partial charge in [0.05, 0.1) is 0 Å². The Morgan fingerprint density at radius 2 is 2.27 bits per heavy atom. The fourth-order valence-electron chi connectivity index (χ4n) is 2.39. The van der Waals surface area contributed by atoms with Crippen LogP contribution in [0.25, 0.3) is 0 Å². The van der Waals surface area contributed by atoms with Gasteiger partial charge in [-0.1, -0.05) is 12.1 Å². The number of likely N-dealkylation sites (N-methyl/N-ethyl adjacent to an activating group) is 1. The number of halogens is 1. The fraction of sp³-hybridized carbons (Fsp3) is 0.500. The Bertz CT molecular complexity index is 330. The molecule has 2 nitrogen and oxygen atoms in total. The van der Waals surface area contributed by atoms with Crippen molar-refractivity contribution in [2.45, 2.75) is 24.9 Å². The highest BCUT2D eigenvalue weighted by atomic mass is 19.1. The van der Waals surface area contributed by atoms with Crippen LogP contribution in [-0.2, 0) is 0 Å². The Balaban J connectivity index is 2.27. The Kier molecular flexibility index (Phi) is 3.03. The van der Waals surface area contributed by atoms with E-state index < -0.39 is 0 Å². The number of hydrogen-bond donors (Lipinski definition) is 1. The summed E-state index contributed by atoms with van der Waals surface area (Å²) < 4.78 is 13.1. The molecule has 1 aromatic carbocycles. The Hall–Kier alpha value is -0.930. The zero-order chi connectivity index (χ0) is 10.8. The van der Waals surface area contributed by atoms with E-state index in [0.717, 1.165) is 24.9 Å². The van der Waals surface area contributed by atoms with E-state index in [1.54, 1.807) is 12.1 Å². The summed E-state index contributed by atoms with van der Waals surface area (Å²) in [5, 5.41) is 0. The molecule has 3 heteroatoms. The summed E-state index contributed by atoms with van der Waals surface area (Å²) in [4.78, 5) is 2.21. The van der Waals surface area contributed by atoms with E-state index in [-0.39, 0.29) is 17.9 Å². The zero-order valence-corrected chi connectivity index (χ0v) is 8.99. The molecule has 1 aliphatic rings. The molecule has 1 saturated heterocycles. The lowest BCUT2D eigenvalue weighted by Crippen LogP contribution is -2.43. The van der Waals surface area contributed by atoms with Crippen molar-refractivity contribution in [1.29, 1.82) is 0 Å². The lowest BCUT2D eigenvalue weighted by Gasteiger charge is -2.37. The van der Waals surface area contributed by atoms with Gasteiger partial charge in [0.1, 0.15) is 5.82 Å². The summed E-state index contributed by atoms with van der Waals surface area (Å²) in [5.74, 6) is -0.182. The molecule has 2 unspecified atom stereocenters. The molecule has 1 aromatic rings. The Morgan fingerprint density at radius 1 is 1.47 bits per heavy atom. The van der Waals surface area contributed by atoms with Crippen LogP contribution >= 0.6 is 0 Å². The van der Waals surface area contributed by atoms with E-state index in [4.69, 9.17) is 5.73 Å². The van der Waals surface area contributed by atoms with Gasteiger partial charge in [0.15, 0.2) is 0 Å². The van der Waals surface area contributed by atoms with Gasteiger partial charge in [0.2, 0.25) is 0 Å². The fourth-order valence-corrected chi connectivity index (χ4v) is 2.39. The average Bonchev–Trinajstić information content (AvgIpc) is 2.17. The highest BCUT2D eigenvalue weighted by molar-refractivity contribution is 5.22. The van der Waals surface area contributed by atoms with Crippen LogP contribution in [0.5, 0.6) is 0 Å². The minimum atomic E-state index is -0.182. The SMILES string of the molecule is CN1CCCC(N)C1c1cccc(F)c1. The van der Waals surface area contributed by atoms with Gasteiger partial charge in [-0.25, -0.2) is 4.39 Å². The van der Waals surface area contributed by atoms with E-state index in [2.05, 4.69) is 11.9 Å². The molecule has 0 bridgehead atoms. The van der Waals surface area contributed by atoms with Crippen LogP contribution < -0.4 is 5.73 Å².